The van der Waals surface area contributed by atoms with Crippen LogP contribution in [0.15, 0.2) is 5.16 Å². The minimum Gasteiger partial charge on any atom is -0.462 e. The average Bonchev–Trinajstić information content (AvgIpc) is 2.94. The zero-order valence-corrected chi connectivity index (χ0v) is 15.5. The zero-order chi connectivity index (χ0) is 17.3. The van der Waals surface area contributed by atoms with E-state index in [-0.39, 0.29) is 18.5 Å². The zero-order valence-electron chi connectivity index (χ0n) is 14.7. The quantitative estimate of drug-likeness (QED) is 0.624. The van der Waals surface area contributed by atoms with Gasteiger partial charge in [-0.2, -0.15) is 4.98 Å². The van der Waals surface area contributed by atoms with Gasteiger partial charge in [0.1, 0.15) is 6.10 Å². The van der Waals surface area contributed by atoms with Gasteiger partial charge in [-0.05, 0) is 45.3 Å². The number of hydrogen-bond donors (Lipinski definition) is 0. The number of hydrogen-bond acceptors (Lipinski definition) is 6. The van der Waals surface area contributed by atoms with Crippen molar-refractivity contribution in [2.75, 3.05) is 6.26 Å². The van der Waals surface area contributed by atoms with Crippen molar-refractivity contribution in [3.05, 3.63) is 17.0 Å². The number of aromatic nitrogens is 4. The molecule has 1 aliphatic rings. The van der Waals surface area contributed by atoms with E-state index in [4.69, 9.17) is 4.74 Å². The van der Waals surface area contributed by atoms with Crippen LogP contribution in [0.3, 0.4) is 0 Å². The molecule has 0 aliphatic heterocycles. The van der Waals surface area contributed by atoms with Crippen LogP contribution in [0.5, 0.6) is 0 Å². The summed E-state index contributed by atoms with van der Waals surface area (Å²) >= 11 is 1.48. The Balaban J connectivity index is 1.77. The number of aryl methyl sites for hydroxylation is 2. The monoisotopic (exact) mass is 348 g/mol. The van der Waals surface area contributed by atoms with Crippen molar-refractivity contribution in [1.29, 1.82) is 0 Å². The van der Waals surface area contributed by atoms with Crippen molar-refractivity contribution in [3.63, 3.8) is 0 Å². The molecule has 3 rings (SSSR count). The lowest BCUT2D eigenvalue weighted by Crippen LogP contribution is -2.25. The van der Waals surface area contributed by atoms with E-state index in [0.29, 0.717) is 16.9 Å². The highest BCUT2D eigenvalue weighted by Crippen LogP contribution is 2.26. The maximum atomic E-state index is 12.4. The Kier molecular flexibility index (Phi) is 5.08. The van der Waals surface area contributed by atoms with Crippen LogP contribution in [-0.4, -0.2) is 37.9 Å². The van der Waals surface area contributed by atoms with E-state index in [2.05, 4.69) is 22.0 Å². The van der Waals surface area contributed by atoms with Crippen LogP contribution in [0.1, 0.15) is 49.6 Å². The molecule has 2 aromatic heterocycles. The molecular formula is C17H24N4O2S. The van der Waals surface area contributed by atoms with Crippen LogP contribution in [0.2, 0.25) is 0 Å². The molecule has 2 aromatic rings. The number of carbonyl (C=O) groups excluding carboxylic acids is 1. The molecule has 0 saturated heterocycles. The van der Waals surface area contributed by atoms with Gasteiger partial charge in [-0.3, -0.25) is 4.79 Å². The second-order valence-electron chi connectivity index (χ2n) is 6.63. The van der Waals surface area contributed by atoms with E-state index in [9.17, 15) is 4.79 Å². The molecule has 0 amide bonds. The van der Waals surface area contributed by atoms with Crippen molar-refractivity contribution in [2.45, 2.75) is 64.1 Å². The summed E-state index contributed by atoms with van der Waals surface area (Å²) in [4.78, 5) is 21.2. The number of fused-ring (bicyclic) bond motifs is 1. The minimum absolute atomic E-state index is 0.0630. The number of esters is 1. The first kappa shape index (κ1) is 17.2. The Bertz CT molecular complexity index is 759. The summed E-state index contributed by atoms with van der Waals surface area (Å²) in [5, 5.41) is 5.10. The Morgan fingerprint density at radius 2 is 2.12 bits per heavy atom. The van der Waals surface area contributed by atoms with E-state index in [0.717, 1.165) is 36.2 Å². The minimum atomic E-state index is -0.174. The summed E-state index contributed by atoms with van der Waals surface area (Å²) < 4.78 is 7.41. The van der Waals surface area contributed by atoms with Crippen LogP contribution in [0, 0.1) is 19.8 Å². The SMILES string of the molecule is CSc1nc2nc(C)c(CC(=O)OC3CCCC(C)C3)c(C)n2n1. The van der Waals surface area contributed by atoms with E-state index in [1.54, 1.807) is 4.52 Å². The Morgan fingerprint density at radius 1 is 1.33 bits per heavy atom. The first-order chi connectivity index (χ1) is 11.5. The molecule has 0 aromatic carbocycles. The van der Waals surface area contributed by atoms with Crippen molar-refractivity contribution >= 4 is 23.5 Å². The standard InChI is InChI=1S/C17H24N4O2S/c1-10-6-5-7-13(8-10)23-15(22)9-14-11(2)18-16-19-17(24-4)20-21(16)12(14)3/h10,13H,5-9H2,1-4H3. The molecule has 1 fully saturated rings. The number of rotatable bonds is 4. The van der Waals surface area contributed by atoms with Gasteiger partial charge >= 0.3 is 5.97 Å². The predicted octanol–water partition coefficient (Wildman–Crippen LogP) is 3.13. The topological polar surface area (TPSA) is 69.4 Å². The molecular weight excluding hydrogens is 324 g/mol. The smallest absolute Gasteiger partial charge is 0.310 e. The molecule has 130 valence electrons. The Hall–Kier alpha value is -1.63. The number of ether oxygens (including phenoxy) is 1. The molecule has 2 atom stereocenters. The third kappa shape index (κ3) is 3.55. The summed E-state index contributed by atoms with van der Waals surface area (Å²) in [6.07, 6.45) is 6.55. The maximum Gasteiger partial charge on any atom is 0.310 e. The summed E-state index contributed by atoms with van der Waals surface area (Å²) in [5.74, 6) is 1.04. The van der Waals surface area contributed by atoms with E-state index in [1.165, 1.54) is 18.2 Å². The fourth-order valence-corrected chi connectivity index (χ4v) is 3.73. The third-order valence-corrected chi connectivity index (χ3v) is 5.26. The molecule has 0 N–H and O–H groups in total. The van der Waals surface area contributed by atoms with Gasteiger partial charge in [0.15, 0.2) is 0 Å². The fraction of sp³-hybridized carbons (Fsp3) is 0.647. The summed E-state index contributed by atoms with van der Waals surface area (Å²) in [5.41, 5.74) is 2.60. The molecule has 1 aliphatic carbocycles. The molecule has 0 spiro atoms. The average molecular weight is 348 g/mol. The highest BCUT2D eigenvalue weighted by Gasteiger charge is 2.23. The second-order valence-corrected chi connectivity index (χ2v) is 7.41. The van der Waals surface area contributed by atoms with Crippen molar-refractivity contribution in [1.82, 2.24) is 19.6 Å². The van der Waals surface area contributed by atoms with Gasteiger partial charge in [0, 0.05) is 17.0 Å². The summed E-state index contributed by atoms with van der Waals surface area (Å²) in [6, 6.07) is 0. The number of nitrogens with zero attached hydrogens (tertiary/aromatic N) is 4. The van der Waals surface area contributed by atoms with Crippen molar-refractivity contribution in [2.24, 2.45) is 5.92 Å². The van der Waals surface area contributed by atoms with Crippen LogP contribution in [0.4, 0.5) is 0 Å². The Morgan fingerprint density at radius 3 is 2.83 bits per heavy atom. The lowest BCUT2D eigenvalue weighted by molar-refractivity contribution is -0.150. The van der Waals surface area contributed by atoms with E-state index < -0.39 is 0 Å². The number of carbonyl (C=O) groups is 1. The molecule has 2 unspecified atom stereocenters. The fourth-order valence-electron chi connectivity index (χ4n) is 3.39. The van der Waals surface area contributed by atoms with Gasteiger partial charge in [0.2, 0.25) is 5.16 Å². The molecule has 2 heterocycles. The first-order valence-corrected chi connectivity index (χ1v) is 9.66. The normalized spacial score (nSPS) is 21.2. The van der Waals surface area contributed by atoms with Gasteiger partial charge in [-0.1, -0.05) is 25.1 Å². The second kappa shape index (κ2) is 7.09. The van der Waals surface area contributed by atoms with E-state index >= 15 is 0 Å². The predicted molar refractivity (Wildman–Crippen MR) is 93.3 cm³/mol. The lowest BCUT2D eigenvalue weighted by atomic mass is 9.89. The van der Waals surface area contributed by atoms with Crippen LogP contribution in [-0.2, 0) is 16.0 Å². The van der Waals surface area contributed by atoms with Crippen LogP contribution < -0.4 is 0 Å². The molecule has 7 heteroatoms. The first-order valence-electron chi connectivity index (χ1n) is 8.44. The van der Waals surface area contributed by atoms with Crippen LogP contribution in [0.25, 0.3) is 5.78 Å². The summed E-state index contributed by atoms with van der Waals surface area (Å²) in [6.45, 7) is 6.08. The van der Waals surface area contributed by atoms with Crippen molar-refractivity contribution < 1.29 is 9.53 Å². The van der Waals surface area contributed by atoms with Gasteiger partial charge in [0.05, 0.1) is 6.42 Å². The number of thioether (sulfide) groups is 1. The molecule has 1 saturated carbocycles. The third-order valence-electron chi connectivity index (χ3n) is 4.72. The van der Waals surface area contributed by atoms with Crippen LogP contribution >= 0.6 is 11.8 Å². The summed E-state index contributed by atoms with van der Waals surface area (Å²) in [7, 11) is 0. The van der Waals surface area contributed by atoms with Gasteiger partial charge in [-0.25, -0.2) is 9.50 Å². The molecule has 24 heavy (non-hydrogen) atoms. The molecule has 0 radical (unpaired) electrons. The molecule has 6 nitrogen and oxygen atoms in total. The van der Waals surface area contributed by atoms with Gasteiger partial charge in [-0.15, -0.1) is 5.10 Å². The van der Waals surface area contributed by atoms with E-state index in [1.807, 2.05) is 20.1 Å². The maximum absolute atomic E-state index is 12.4. The molecule has 0 bridgehead atoms. The lowest BCUT2D eigenvalue weighted by Gasteiger charge is -2.26. The van der Waals surface area contributed by atoms with Crippen molar-refractivity contribution in [3.8, 4) is 0 Å². The highest BCUT2D eigenvalue weighted by atomic mass is 32.2. The van der Waals surface area contributed by atoms with Gasteiger partial charge in [0.25, 0.3) is 5.78 Å². The highest BCUT2D eigenvalue weighted by molar-refractivity contribution is 7.98. The van der Waals surface area contributed by atoms with Gasteiger partial charge < -0.3 is 4.74 Å². The largest absolute Gasteiger partial charge is 0.462 e. The Labute approximate surface area is 146 Å².